The average molecular weight is 361 g/mol. The minimum Gasteiger partial charge on any atom is -0.273 e. The standard InChI is InChI=1S/C17H14ClFN4O2/c1-4-9-5-6-20-12(8(2)3)13(9)23-15-10(16(24)22-17(23)25)7-11(19)14(18)21-15/h4-8H,1H2,2-3H3,(H,22,24,25). The van der Waals surface area contributed by atoms with Gasteiger partial charge in [-0.25, -0.2) is 18.7 Å². The van der Waals surface area contributed by atoms with Crippen molar-refractivity contribution in [1.29, 1.82) is 0 Å². The van der Waals surface area contributed by atoms with Crippen molar-refractivity contribution in [1.82, 2.24) is 19.5 Å². The predicted molar refractivity (Wildman–Crippen MR) is 94.9 cm³/mol. The molecular formula is C17H14ClFN4O2. The molecule has 0 spiro atoms. The predicted octanol–water partition coefficient (Wildman–Crippen LogP) is 3.03. The molecule has 0 fully saturated rings. The zero-order valence-corrected chi connectivity index (χ0v) is 14.3. The van der Waals surface area contributed by atoms with Gasteiger partial charge in [-0.2, -0.15) is 0 Å². The second-order valence-electron chi connectivity index (χ2n) is 5.72. The molecule has 25 heavy (non-hydrogen) atoms. The molecule has 0 amide bonds. The van der Waals surface area contributed by atoms with Gasteiger partial charge in [-0.1, -0.05) is 38.1 Å². The summed E-state index contributed by atoms with van der Waals surface area (Å²) in [4.78, 5) is 35.1. The van der Waals surface area contributed by atoms with Crippen LogP contribution in [0.3, 0.4) is 0 Å². The van der Waals surface area contributed by atoms with Crippen LogP contribution in [0.4, 0.5) is 4.39 Å². The molecule has 8 heteroatoms. The highest BCUT2D eigenvalue weighted by Crippen LogP contribution is 2.26. The van der Waals surface area contributed by atoms with Gasteiger partial charge in [0.25, 0.3) is 5.56 Å². The summed E-state index contributed by atoms with van der Waals surface area (Å²) in [5.74, 6) is -0.872. The molecule has 1 N–H and O–H groups in total. The number of aromatic nitrogens is 4. The number of rotatable bonds is 3. The second kappa shape index (κ2) is 6.25. The summed E-state index contributed by atoms with van der Waals surface area (Å²) in [5, 5.41) is -0.517. The van der Waals surface area contributed by atoms with E-state index in [1.54, 1.807) is 18.3 Å². The number of pyridine rings is 2. The molecule has 3 rings (SSSR count). The fraction of sp³-hybridized carbons (Fsp3) is 0.176. The first-order valence-electron chi connectivity index (χ1n) is 7.48. The Morgan fingerprint density at radius 2 is 2.12 bits per heavy atom. The van der Waals surface area contributed by atoms with Crippen molar-refractivity contribution in [2.45, 2.75) is 19.8 Å². The van der Waals surface area contributed by atoms with Crippen LogP contribution in [0.1, 0.15) is 31.0 Å². The van der Waals surface area contributed by atoms with E-state index in [9.17, 15) is 14.0 Å². The Bertz CT molecular complexity index is 1120. The zero-order valence-electron chi connectivity index (χ0n) is 13.5. The Morgan fingerprint density at radius 1 is 1.40 bits per heavy atom. The molecule has 0 radical (unpaired) electrons. The van der Waals surface area contributed by atoms with Crippen LogP contribution in [0.15, 0.2) is 34.5 Å². The third-order valence-electron chi connectivity index (χ3n) is 3.77. The van der Waals surface area contributed by atoms with Gasteiger partial charge in [0.2, 0.25) is 0 Å². The van der Waals surface area contributed by atoms with E-state index >= 15 is 0 Å². The maximum absolute atomic E-state index is 13.8. The van der Waals surface area contributed by atoms with E-state index in [1.807, 2.05) is 13.8 Å². The first-order chi connectivity index (χ1) is 11.8. The van der Waals surface area contributed by atoms with Gasteiger partial charge in [0.05, 0.1) is 16.8 Å². The van der Waals surface area contributed by atoms with Gasteiger partial charge in [-0.3, -0.25) is 14.8 Å². The van der Waals surface area contributed by atoms with Crippen molar-refractivity contribution in [2.24, 2.45) is 0 Å². The van der Waals surface area contributed by atoms with Crippen LogP contribution < -0.4 is 11.2 Å². The van der Waals surface area contributed by atoms with E-state index in [0.29, 0.717) is 16.9 Å². The van der Waals surface area contributed by atoms with Gasteiger partial charge in [0.15, 0.2) is 16.6 Å². The maximum Gasteiger partial charge on any atom is 0.334 e. The van der Waals surface area contributed by atoms with Crippen molar-refractivity contribution in [3.8, 4) is 5.69 Å². The van der Waals surface area contributed by atoms with Crippen LogP contribution in [0, 0.1) is 5.82 Å². The van der Waals surface area contributed by atoms with Gasteiger partial charge in [0.1, 0.15) is 0 Å². The molecule has 0 aliphatic rings. The van der Waals surface area contributed by atoms with Crippen molar-refractivity contribution in [3.63, 3.8) is 0 Å². The number of hydrogen-bond donors (Lipinski definition) is 1. The fourth-order valence-corrected chi connectivity index (χ4v) is 2.77. The van der Waals surface area contributed by atoms with E-state index in [1.165, 1.54) is 4.57 Å². The molecule has 128 valence electrons. The number of nitrogens with one attached hydrogen (secondary N) is 1. The monoisotopic (exact) mass is 360 g/mol. The van der Waals surface area contributed by atoms with Crippen molar-refractivity contribution in [2.75, 3.05) is 0 Å². The van der Waals surface area contributed by atoms with Crippen molar-refractivity contribution >= 4 is 28.7 Å². The molecule has 0 bridgehead atoms. The Kier molecular flexibility index (Phi) is 4.26. The number of hydrogen-bond acceptors (Lipinski definition) is 4. The molecular weight excluding hydrogens is 347 g/mol. The number of fused-ring (bicyclic) bond motifs is 1. The molecule has 0 unspecified atom stereocenters. The molecule has 6 nitrogen and oxygen atoms in total. The summed E-state index contributed by atoms with van der Waals surface area (Å²) >= 11 is 5.78. The van der Waals surface area contributed by atoms with Crippen LogP contribution in [-0.4, -0.2) is 19.5 Å². The molecule has 0 aliphatic heterocycles. The van der Waals surface area contributed by atoms with E-state index in [2.05, 4.69) is 21.5 Å². The second-order valence-corrected chi connectivity index (χ2v) is 6.08. The number of aromatic amines is 1. The lowest BCUT2D eigenvalue weighted by Gasteiger charge is -2.17. The first kappa shape index (κ1) is 17.0. The summed E-state index contributed by atoms with van der Waals surface area (Å²) in [6.07, 6.45) is 3.17. The summed E-state index contributed by atoms with van der Waals surface area (Å²) in [6.45, 7) is 7.58. The van der Waals surface area contributed by atoms with Crippen LogP contribution in [-0.2, 0) is 0 Å². The number of halogens is 2. The SMILES string of the molecule is C=Cc1ccnc(C(C)C)c1-n1c(=O)[nH]c(=O)c2cc(F)c(Cl)nc21. The minimum atomic E-state index is -0.843. The Balaban J connectivity index is 2.58. The molecule has 0 atom stereocenters. The molecule has 0 saturated heterocycles. The van der Waals surface area contributed by atoms with Gasteiger partial charge < -0.3 is 0 Å². The average Bonchev–Trinajstić information content (AvgIpc) is 2.56. The van der Waals surface area contributed by atoms with Crippen molar-refractivity contribution in [3.05, 3.63) is 68.0 Å². The number of H-pyrrole nitrogens is 1. The molecule has 0 saturated carbocycles. The zero-order chi connectivity index (χ0) is 18.3. The number of nitrogens with zero attached hydrogens (tertiary/aromatic N) is 3. The molecule has 3 aromatic rings. The molecule has 0 aromatic carbocycles. The van der Waals surface area contributed by atoms with Gasteiger partial charge in [-0.05, 0) is 18.1 Å². The summed E-state index contributed by atoms with van der Waals surface area (Å²) in [7, 11) is 0. The normalized spacial score (nSPS) is 11.2. The third-order valence-corrected chi connectivity index (χ3v) is 4.03. The highest BCUT2D eigenvalue weighted by Gasteiger charge is 2.20. The quantitative estimate of drug-likeness (QED) is 0.728. The lowest BCUT2D eigenvalue weighted by atomic mass is 10.0. The third kappa shape index (κ3) is 2.76. The molecule has 3 heterocycles. The van der Waals surface area contributed by atoms with Gasteiger partial charge in [-0.15, -0.1) is 0 Å². The molecule has 0 aliphatic carbocycles. The minimum absolute atomic E-state index is 0.0281. The highest BCUT2D eigenvalue weighted by atomic mass is 35.5. The lowest BCUT2D eigenvalue weighted by molar-refractivity contribution is 0.623. The van der Waals surface area contributed by atoms with Crippen LogP contribution in [0.5, 0.6) is 0 Å². The molecule has 3 aromatic heterocycles. The van der Waals surface area contributed by atoms with E-state index < -0.39 is 22.2 Å². The topological polar surface area (TPSA) is 80.6 Å². The summed E-state index contributed by atoms with van der Waals surface area (Å²) < 4.78 is 14.9. The fourth-order valence-electron chi connectivity index (χ4n) is 2.64. The van der Waals surface area contributed by atoms with Gasteiger partial charge in [0, 0.05) is 11.8 Å². The Labute approximate surface area is 146 Å². The smallest absolute Gasteiger partial charge is 0.273 e. The van der Waals surface area contributed by atoms with Gasteiger partial charge >= 0.3 is 5.69 Å². The summed E-state index contributed by atoms with van der Waals surface area (Å²) in [5.41, 5.74) is 0.152. The van der Waals surface area contributed by atoms with Crippen LogP contribution >= 0.6 is 11.6 Å². The lowest BCUT2D eigenvalue weighted by Crippen LogP contribution is -2.31. The first-order valence-corrected chi connectivity index (χ1v) is 7.85. The highest BCUT2D eigenvalue weighted by molar-refractivity contribution is 6.29. The Hall–Kier alpha value is -2.80. The van der Waals surface area contributed by atoms with Crippen LogP contribution in [0.25, 0.3) is 22.8 Å². The van der Waals surface area contributed by atoms with E-state index in [0.717, 1.165) is 6.07 Å². The largest absolute Gasteiger partial charge is 0.334 e. The van der Waals surface area contributed by atoms with Crippen molar-refractivity contribution < 1.29 is 4.39 Å². The van der Waals surface area contributed by atoms with E-state index in [4.69, 9.17) is 11.6 Å². The van der Waals surface area contributed by atoms with E-state index in [-0.39, 0.29) is 17.0 Å². The van der Waals surface area contributed by atoms with Crippen LogP contribution in [0.2, 0.25) is 5.15 Å². The Morgan fingerprint density at radius 3 is 2.76 bits per heavy atom. The summed E-state index contributed by atoms with van der Waals surface area (Å²) in [6, 6.07) is 2.64. The maximum atomic E-state index is 13.8.